The summed E-state index contributed by atoms with van der Waals surface area (Å²) >= 11 is 0.789. The monoisotopic (exact) mass is 645 g/mol. The molecule has 2 bridgehead atoms. The lowest BCUT2D eigenvalue weighted by Gasteiger charge is -2.31. The molecule has 14 heteroatoms. The van der Waals surface area contributed by atoms with Crippen LogP contribution in [-0.2, 0) is 6.18 Å². The van der Waals surface area contributed by atoms with E-state index < -0.39 is 28.9 Å². The van der Waals surface area contributed by atoms with Crippen molar-refractivity contribution in [3.8, 4) is 17.1 Å². The van der Waals surface area contributed by atoms with Gasteiger partial charge in [0.25, 0.3) is 0 Å². The van der Waals surface area contributed by atoms with Gasteiger partial charge in [-0.25, -0.2) is 13.8 Å². The molecular formula is C31H32F5N7OS. The Morgan fingerprint density at radius 1 is 1.09 bits per heavy atom. The van der Waals surface area contributed by atoms with Gasteiger partial charge in [-0.1, -0.05) is 11.3 Å². The lowest BCUT2D eigenvalue weighted by Crippen LogP contribution is -2.43. The molecule has 238 valence electrons. The molecule has 0 aliphatic carbocycles. The van der Waals surface area contributed by atoms with Crippen LogP contribution in [0.5, 0.6) is 6.01 Å². The van der Waals surface area contributed by atoms with Crippen LogP contribution < -0.4 is 15.8 Å². The van der Waals surface area contributed by atoms with E-state index in [4.69, 9.17) is 10.5 Å². The first kappa shape index (κ1) is 29.1. The van der Waals surface area contributed by atoms with E-state index in [9.17, 15) is 17.6 Å². The number of ether oxygens (including phenoxy) is 1. The van der Waals surface area contributed by atoms with Gasteiger partial charge in [0.2, 0.25) is 0 Å². The fourth-order valence-electron chi connectivity index (χ4n) is 8.31. The molecule has 2 aromatic carbocycles. The molecule has 8 nitrogen and oxygen atoms in total. The van der Waals surface area contributed by atoms with Gasteiger partial charge >= 0.3 is 12.2 Å². The molecule has 4 fully saturated rings. The van der Waals surface area contributed by atoms with Crippen molar-refractivity contribution < 1.29 is 26.7 Å². The zero-order valence-electron chi connectivity index (χ0n) is 24.6. The number of likely N-dealkylation sites (N-methyl/N-ethyl adjacent to an activating group) is 1. The summed E-state index contributed by atoms with van der Waals surface area (Å²) in [5, 5.41) is 3.23. The third kappa shape index (κ3) is 4.62. The van der Waals surface area contributed by atoms with E-state index in [2.05, 4.69) is 30.1 Å². The van der Waals surface area contributed by atoms with Crippen molar-refractivity contribution in [1.29, 1.82) is 0 Å². The summed E-state index contributed by atoms with van der Waals surface area (Å²) in [5.74, 6) is -1.81. The van der Waals surface area contributed by atoms with Gasteiger partial charge in [-0.2, -0.15) is 23.1 Å². The number of nitrogen functional groups attached to an aromatic ring is 1. The molecular weight excluding hydrogens is 613 g/mol. The van der Waals surface area contributed by atoms with E-state index in [1.165, 1.54) is 0 Å². The Balaban J connectivity index is 1.30. The minimum Gasteiger partial charge on any atom is -0.461 e. The number of aromatic nitrogens is 3. The number of nitrogens with zero attached hydrogens (tertiary/aromatic N) is 5. The maximum atomic E-state index is 16.8. The first-order valence-electron chi connectivity index (χ1n) is 15.3. The second-order valence-electron chi connectivity index (χ2n) is 12.8. The van der Waals surface area contributed by atoms with Crippen LogP contribution in [0.1, 0.15) is 50.5 Å². The standard InChI is InChI=1S/C31H32F5N7OS/c1-42-15-4-7-21(42)20(12-15)38-27-17-13-18(31(34,35)36)22(16-5-6-19(32)26-25(16)39-28(37)45-26)23(33)24(17)40-29(41-27)44-14-30-8-2-10-43(30)11-3-9-30/h5-6,13,15,20-21H,2-4,7-12,14H2,1H3,(H2,37,39)(H,38,40,41). The predicted octanol–water partition coefficient (Wildman–Crippen LogP) is 6.44. The molecule has 6 heterocycles. The summed E-state index contributed by atoms with van der Waals surface area (Å²) in [6.45, 7) is 2.27. The van der Waals surface area contributed by atoms with Gasteiger partial charge in [0.15, 0.2) is 10.9 Å². The van der Waals surface area contributed by atoms with Gasteiger partial charge in [-0.15, -0.1) is 0 Å². The van der Waals surface area contributed by atoms with Gasteiger partial charge in [0.05, 0.1) is 21.3 Å². The highest BCUT2D eigenvalue weighted by atomic mass is 32.1. The quantitative estimate of drug-likeness (QED) is 0.232. The van der Waals surface area contributed by atoms with E-state index in [0.717, 1.165) is 87.6 Å². The van der Waals surface area contributed by atoms with Gasteiger partial charge < -0.3 is 15.8 Å². The molecule has 4 aromatic rings. The van der Waals surface area contributed by atoms with Crippen LogP contribution >= 0.6 is 11.3 Å². The summed E-state index contributed by atoms with van der Waals surface area (Å²) < 4.78 is 81.8. The van der Waals surface area contributed by atoms with Crippen molar-refractivity contribution in [1.82, 2.24) is 24.8 Å². The van der Waals surface area contributed by atoms with Gasteiger partial charge in [0.1, 0.15) is 23.8 Å². The first-order valence-corrected chi connectivity index (χ1v) is 16.2. The van der Waals surface area contributed by atoms with Crippen LogP contribution in [0.3, 0.4) is 0 Å². The second kappa shape index (κ2) is 10.3. The van der Waals surface area contributed by atoms with Crippen LogP contribution in [0.2, 0.25) is 0 Å². The molecule has 4 aliphatic rings. The Bertz CT molecular complexity index is 1820. The average molecular weight is 646 g/mol. The third-order valence-corrected chi connectivity index (χ3v) is 11.4. The Morgan fingerprint density at radius 3 is 2.56 bits per heavy atom. The van der Waals surface area contributed by atoms with Crippen molar-refractivity contribution in [3.63, 3.8) is 0 Å². The SMILES string of the molecule is CN1C2CCC1C(Nc1nc(OCC34CCCN3CCC4)nc3c(F)c(-c4ccc(F)c5sc(N)nc45)c(C(F)(F)F)cc13)C2. The smallest absolute Gasteiger partial charge is 0.417 e. The number of thiazole rings is 1. The number of nitrogens with two attached hydrogens (primary N) is 1. The molecule has 3 unspecified atom stereocenters. The van der Waals surface area contributed by atoms with E-state index in [0.29, 0.717) is 12.6 Å². The molecule has 0 saturated carbocycles. The summed E-state index contributed by atoms with van der Waals surface area (Å²) in [7, 11) is 2.05. The molecule has 0 radical (unpaired) electrons. The lowest BCUT2D eigenvalue weighted by atomic mass is 9.94. The minimum atomic E-state index is -4.96. The number of hydrogen-bond donors (Lipinski definition) is 2. The zero-order chi connectivity index (χ0) is 31.2. The topological polar surface area (TPSA) is 92.4 Å². The Morgan fingerprint density at radius 2 is 1.87 bits per heavy atom. The highest BCUT2D eigenvalue weighted by Crippen LogP contribution is 2.47. The van der Waals surface area contributed by atoms with Gasteiger partial charge in [-0.3, -0.25) is 9.80 Å². The highest BCUT2D eigenvalue weighted by molar-refractivity contribution is 7.22. The number of benzene rings is 2. The van der Waals surface area contributed by atoms with Crippen LogP contribution in [-0.4, -0.2) is 75.2 Å². The lowest BCUT2D eigenvalue weighted by molar-refractivity contribution is -0.137. The van der Waals surface area contributed by atoms with Crippen LogP contribution in [0, 0.1) is 11.6 Å². The van der Waals surface area contributed by atoms with Crippen molar-refractivity contribution >= 4 is 43.4 Å². The number of halogens is 5. The minimum absolute atomic E-state index is 0.0429. The van der Waals surface area contributed by atoms with E-state index in [-0.39, 0.29) is 61.3 Å². The number of rotatable bonds is 6. The Hall–Kier alpha value is -3.36. The number of fused-ring (bicyclic) bond motifs is 5. The molecule has 8 rings (SSSR count). The van der Waals surface area contributed by atoms with Crippen LogP contribution in [0.15, 0.2) is 18.2 Å². The number of hydrogen-bond acceptors (Lipinski definition) is 9. The van der Waals surface area contributed by atoms with Crippen LogP contribution in [0.4, 0.5) is 32.9 Å². The molecule has 0 spiro atoms. The fourth-order valence-corrected chi connectivity index (χ4v) is 9.08. The molecule has 45 heavy (non-hydrogen) atoms. The largest absolute Gasteiger partial charge is 0.461 e. The Labute approximate surface area is 259 Å². The van der Waals surface area contributed by atoms with Crippen molar-refractivity contribution in [2.75, 3.05) is 37.8 Å². The first-order chi connectivity index (χ1) is 21.5. The number of nitrogens with one attached hydrogen (secondary N) is 1. The number of alkyl halides is 3. The molecule has 3 atom stereocenters. The number of anilines is 2. The molecule has 3 N–H and O–H groups in total. The van der Waals surface area contributed by atoms with Crippen molar-refractivity contribution in [2.24, 2.45) is 0 Å². The van der Waals surface area contributed by atoms with E-state index in [1.54, 1.807) is 0 Å². The van der Waals surface area contributed by atoms with Gasteiger partial charge in [-0.05, 0) is 83.3 Å². The highest BCUT2D eigenvalue weighted by Gasteiger charge is 2.46. The molecule has 4 saturated heterocycles. The summed E-state index contributed by atoms with van der Waals surface area (Å²) in [4.78, 5) is 17.7. The van der Waals surface area contributed by atoms with E-state index >= 15 is 4.39 Å². The van der Waals surface area contributed by atoms with Crippen molar-refractivity contribution in [2.45, 2.75) is 74.8 Å². The molecule has 2 aromatic heterocycles. The summed E-state index contributed by atoms with van der Waals surface area (Å²) in [5.41, 5.74) is 2.99. The van der Waals surface area contributed by atoms with Crippen LogP contribution in [0.25, 0.3) is 32.2 Å². The normalized spacial score (nSPS) is 24.7. The Kier molecular flexibility index (Phi) is 6.67. The average Bonchev–Trinajstić information content (AvgIpc) is 3.80. The van der Waals surface area contributed by atoms with Crippen molar-refractivity contribution in [3.05, 3.63) is 35.4 Å². The maximum absolute atomic E-state index is 16.8. The maximum Gasteiger partial charge on any atom is 0.417 e. The summed E-state index contributed by atoms with van der Waals surface area (Å²) in [6.07, 6.45) is 1.89. The zero-order valence-corrected chi connectivity index (χ0v) is 25.4. The van der Waals surface area contributed by atoms with Gasteiger partial charge in [0, 0.05) is 34.6 Å². The predicted molar refractivity (Wildman–Crippen MR) is 162 cm³/mol. The summed E-state index contributed by atoms with van der Waals surface area (Å²) in [6, 6.07) is 3.37. The molecule has 0 amide bonds. The molecule has 4 aliphatic heterocycles. The van der Waals surface area contributed by atoms with E-state index in [1.807, 2.05) is 7.05 Å². The fraction of sp³-hybridized carbons (Fsp3) is 0.516. The second-order valence-corrected chi connectivity index (χ2v) is 13.9. The third-order valence-electron chi connectivity index (χ3n) is 10.5.